The van der Waals surface area contributed by atoms with Gasteiger partial charge >= 0.3 is 0 Å². The molecule has 1 unspecified atom stereocenters. The van der Waals surface area contributed by atoms with E-state index < -0.39 is 0 Å². The molecule has 0 spiro atoms. The number of nitrogens with zero attached hydrogens (tertiary/aromatic N) is 4. The monoisotopic (exact) mass is 381 g/mol. The molecular formula is C21H27N5O2. The Kier molecular flexibility index (Phi) is 5.17. The Morgan fingerprint density at radius 2 is 2.25 bits per heavy atom. The van der Waals surface area contributed by atoms with Gasteiger partial charge in [-0.15, -0.1) is 0 Å². The number of fused-ring (bicyclic) bond motifs is 1. The molecule has 1 fully saturated rings. The standard InChI is InChI=1S/C21H27N5O2/c1-5-28-21-19(14(4)6-8-22-21)16-10-17(24-15-7-9-27-12-15)20-18(25-16)11-23-26(20)13(2)3/h6,8,10-11,13,15H,5,7,9,12H2,1-4H3,(H,24,25). The van der Waals surface area contributed by atoms with Crippen LogP contribution in [0, 0.1) is 6.92 Å². The molecule has 7 heteroatoms. The van der Waals surface area contributed by atoms with Gasteiger partial charge in [0.2, 0.25) is 5.88 Å². The normalized spacial score (nSPS) is 16.8. The van der Waals surface area contributed by atoms with E-state index in [0.29, 0.717) is 19.1 Å². The van der Waals surface area contributed by atoms with Crippen LogP contribution in [0.5, 0.6) is 5.88 Å². The largest absolute Gasteiger partial charge is 0.477 e. The van der Waals surface area contributed by atoms with E-state index in [9.17, 15) is 0 Å². The van der Waals surface area contributed by atoms with E-state index >= 15 is 0 Å². The molecule has 1 N–H and O–H groups in total. The quantitative estimate of drug-likeness (QED) is 0.696. The average Bonchev–Trinajstić information content (AvgIpc) is 3.31. The van der Waals surface area contributed by atoms with Crippen LogP contribution >= 0.6 is 0 Å². The van der Waals surface area contributed by atoms with Crippen LogP contribution in [0.3, 0.4) is 0 Å². The van der Waals surface area contributed by atoms with Gasteiger partial charge in [0.05, 0.1) is 42.4 Å². The zero-order valence-electron chi connectivity index (χ0n) is 16.9. The molecule has 3 aromatic heterocycles. The van der Waals surface area contributed by atoms with Crippen LogP contribution < -0.4 is 10.1 Å². The number of hydrogen-bond acceptors (Lipinski definition) is 6. The Morgan fingerprint density at radius 1 is 1.39 bits per heavy atom. The maximum Gasteiger partial charge on any atom is 0.223 e. The molecule has 0 aromatic carbocycles. The van der Waals surface area contributed by atoms with Crippen LogP contribution in [0.1, 0.15) is 38.8 Å². The number of hydrogen-bond donors (Lipinski definition) is 1. The number of rotatable bonds is 6. The zero-order valence-corrected chi connectivity index (χ0v) is 16.9. The highest BCUT2D eigenvalue weighted by molar-refractivity contribution is 5.92. The molecule has 1 aliphatic heterocycles. The topological polar surface area (TPSA) is 74.1 Å². The molecule has 0 saturated carbocycles. The third-order valence-corrected chi connectivity index (χ3v) is 4.99. The van der Waals surface area contributed by atoms with Crippen molar-refractivity contribution >= 4 is 16.7 Å². The Hall–Kier alpha value is -2.67. The van der Waals surface area contributed by atoms with Crippen molar-refractivity contribution in [2.24, 2.45) is 0 Å². The van der Waals surface area contributed by atoms with E-state index in [2.05, 4.69) is 42.2 Å². The molecule has 1 aliphatic rings. The van der Waals surface area contributed by atoms with Crippen LogP contribution in [-0.4, -0.2) is 45.6 Å². The van der Waals surface area contributed by atoms with Gasteiger partial charge in [0.15, 0.2) is 0 Å². The van der Waals surface area contributed by atoms with Crippen LogP contribution in [0.25, 0.3) is 22.3 Å². The zero-order chi connectivity index (χ0) is 19.7. The Labute approximate surface area is 165 Å². The lowest BCUT2D eigenvalue weighted by atomic mass is 10.1. The van der Waals surface area contributed by atoms with E-state index in [-0.39, 0.29) is 12.1 Å². The van der Waals surface area contributed by atoms with Crippen molar-refractivity contribution in [3.63, 3.8) is 0 Å². The number of aromatic nitrogens is 4. The van der Waals surface area contributed by atoms with E-state index in [4.69, 9.17) is 14.5 Å². The predicted molar refractivity (Wildman–Crippen MR) is 110 cm³/mol. The summed E-state index contributed by atoms with van der Waals surface area (Å²) in [6, 6.07) is 4.60. The first-order valence-corrected chi connectivity index (χ1v) is 9.89. The van der Waals surface area contributed by atoms with Crippen LogP contribution in [0.15, 0.2) is 24.5 Å². The van der Waals surface area contributed by atoms with Gasteiger partial charge in [0.1, 0.15) is 11.0 Å². The van der Waals surface area contributed by atoms with E-state index in [1.807, 2.05) is 23.9 Å². The fraction of sp³-hybridized carbons (Fsp3) is 0.476. The molecule has 0 amide bonds. The van der Waals surface area contributed by atoms with E-state index in [1.165, 1.54) is 0 Å². The molecule has 7 nitrogen and oxygen atoms in total. The lowest BCUT2D eigenvalue weighted by Crippen LogP contribution is -2.20. The second-order valence-electron chi connectivity index (χ2n) is 7.42. The first-order valence-electron chi connectivity index (χ1n) is 9.89. The van der Waals surface area contributed by atoms with Gasteiger partial charge in [0, 0.05) is 18.8 Å². The minimum Gasteiger partial charge on any atom is -0.477 e. The molecule has 1 saturated heterocycles. The number of anilines is 1. The smallest absolute Gasteiger partial charge is 0.223 e. The third kappa shape index (κ3) is 3.42. The number of ether oxygens (including phenoxy) is 2. The van der Waals surface area contributed by atoms with Gasteiger partial charge in [-0.2, -0.15) is 5.10 Å². The molecule has 0 radical (unpaired) electrons. The molecule has 0 bridgehead atoms. The molecule has 3 aromatic rings. The van der Waals surface area contributed by atoms with Crippen molar-refractivity contribution in [3.8, 4) is 17.1 Å². The minimum atomic E-state index is 0.240. The van der Waals surface area contributed by atoms with Gasteiger partial charge in [-0.1, -0.05) is 0 Å². The summed E-state index contributed by atoms with van der Waals surface area (Å²) in [6.45, 7) is 10.3. The summed E-state index contributed by atoms with van der Waals surface area (Å²) in [7, 11) is 0. The fourth-order valence-electron chi connectivity index (χ4n) is 3.65. The van der Waals surface area contributed by atoms with Crippen LogP contribution in [0.2, 0.25) is 0 Å². The predicted octanol–water partition coefficient (Wildman–Crippen LogP) is 3.98. The second kappa shape index (κ2) is 7.75. The summed E-state index contributed by atoms with van der Waals surface area (Å²) in [5.41, 5.74) is 5.74. The van der Waals surface area contributed by atoms with Crippen molar-refractivity contribution in [3.05, 3.63) is 30.1 Å². The number of nitrogens with one attached hydrogen (secondary N) is 1. The number of aryl methyl sites for hydroxylation is 1. The van der Waals surface area contributed by atoms with Crippen LogP contribution in [-0.2, 0) is 4.74 Å². The Bertz CT molecular complexity index is 976. The molecule has 0 aliphatic carbocycles. The lowest BCUT2D eigenvalue weighted by Gasteiger charge is -2.18. The SMILES string of the molecule is CCOc1nccc(C)c1-c1cc(NC2CCOC2)c2c(cnn2C(C)C)n1. The van der Waals surface area contributed by atoms with Crippen molar-refractivity contribution in [2.75, 3.05) is 25.1 Å². The van der Waals surface area contributed by atoms with E-state index in [1.54, 1.807) is 6.20 Å². The van der Waals surface area contributed by atoms with Gasteiger partial charge in [-0.3, -0.25) is 4.68 Å². The minimum absolute atomic E-state index is 0.240. The van der Waals surface area contributed by atoms with Crippen molar-refractivity contribution in [1.29, 1.82) is 0 Å². The summed E-state index contributed by atoms with van der Waals surface area (Å²) in [4.78, 5) is 9.34. The van der Waals surface area contributed by atoms with Crippen molar-refractivity contribution < 1.29 is 9.47 Å². The summed E-state index contributed by atoms with van der Waals surface area (Å²) in [5.74, 6) is 0.612. The first-order chi connectivity index (χ1) is 13.6. The molecule has 28 heavy (non-hydrogen) atoms. The maximum absolute atomic E-state index is 5.79. The van der Waals surface area contributed by atoms with Gasteiger partial charge in [-0.25, -0.2) is 9.97 Å². The summed E-state index contributed by atoms with van der Waals surface area (Å²) in [5, 5.41) is 8.24. The van der Waals surface area contributed by atoms with Gasteiger partial charge in [0.25, 0.3) is 0 Å². The second-order valence-corrected chi connectivity index (χ2v) is 7.42. The van der Waals surface area contributed by atoms with Gasteiger partial charge < -0.3 is 14.8 Å². The number of pyridine rings is 2. The summed E-state index contributed by atoms with van der Waals surface area (Å²) in [6.07, 6.45) is 4.60. The maximum atomic E-state index is 5.79. The third-order valence-electron chi connectivity index (χ3n) is 4.99. The highest BCUT2D eigenvalue weighted by atomic mass is 16.5. The first kappa shape index (κ1) is 18.7. The fourth-order valence-corrected chi connectivity index (χ4v) is 3.65. The molecular weight excluding hydrogens is 354 g/mol. The lowest BCUT2D eigenvalue weighted by molar-refractivity contribution is 0.195. The Balaban J connectivity index is 1.89. The van der Waals surface area contributed by atoms with Crippen molar-refractivity contribution in [1.82, 2.24) is 19.7 Å². The van der Waals surface area contributed by atoms with Crippen molar-refractivity contribution in [2.45, 2.75) is 46.2 Å². The Morgan fingerprint density at radius 3 is 2.96 bits per heavy atom. The highest BCUT2D eigenvalue weighted by Gasteiger charge is 2.22. The highest BCUT2D eigenvalue weighted by Crippen LogP contribution is 2.35. The van der Waals surface area contributed by atoms with E-state index in [0.717, 1.165) is 46.6 Å². The molecule has 4 heterocycles. The van der Waals surface area contributed by atoms with Crippen LogP contribution in [0.4, 0.5) is 5.69 Å². The summed E-state index contributed by atoms with van der Waals surface area (Å²) < 4.78 is 13.4. The van der Waals surface area contributed by atoms with Gasteiger partial charge in [-0.05, 0) is 51.8 Å². The average molecular weight is 381 g/mol. The molecule has 4 rings (SSSR count). The molecule has 148 valence electrons. The summed E-state index contributed by atoms with van der Waals surface area (Å²) >= 11 is 0. The molecule has 1 atom stereocenters.